The van der Waals surface area contributed by atoms with E-state index < -0.39 is 11.9 Å². The number of urea groups is 1. The van der Waals surface area contributed by atoms with Crippen LogP contribution in [-0.4, -0.2) is 27.9 Å². The standard InChI is InChI=1S/C17H13ClN4O3S/c18-12-6-8-13(9-7-12)19-16(24)20-14(23)10-26-17-22-21-15(25-17)11-4-2-1-3-5-11/h1-9H,10H2,(H2,19,20,23,24). The lowest BCUT2D eigenvalue weighted by molar-refractivity contribution is -0.117. The fourth-order valence-electron chi connectivity index (χ4n) is 1.95. The Kier molecular flexibility index (Phi) is 5.88. The second-order valence-electron chi connectivity index (χ2n) is 5.04. The lowest BCUT2D eigenvalue weighted by Crippen LogP contribution is -2.35. The van der Waals surface area contributed by atoms with E-state index in [-0.39, 0.29) is 11.0 Å². The van der Waals surface area contributed by atoms with Gasteiger partial charge in [-0.3, -0.25) is 10.1 Å². The van der Waals surface area contributed by atoms with Crippen LogP contribution in [0.3, 0.4) is 0 Å². The number of amides is 3. The molecule has 9 heteroatoms. The van der Waals surface area contributed by atoms with Gasteiger partial charge in [0.15, 0.2) is 0 Å². The van der Waals surface area contributed by atoms with Crippen LogP contribution in [0.4, 0.5) is 10.5 Å². The zero-order valence-electron chi connectivity index (χ0n) is 13.3. The third-order valence-corrected chi connectivity index (χ3v) is 4.18. The van der Waals surface area contributed by atoms with Crippen LogP contribution in [0.2, 0.25) is 5.02 Å². The summed E-state index contributed by atoms with van der Waals surface area (Å²) in [5.41, 5.74) is 1.32. The molecule has 2 aromatic carbocycles. The zero-order valence-corrected chi connectivity index (χ0v) is 14.9. The summed E-state index contributed by atoms with van der Waals surface area (Å²) in [6.07, 6.45) is 0. The van der Waals surface area contributed by atoms with Crippen LogP contribution >= 0.6 is 23.4 Å². The molecule has 0 saturated carbocycles. The molecule has 7 nitrogen and oxygen atoms in total. The van der Waals surface area contributed by atoms with E-state index in [4.69, 9.17) is 16.0 Å². The van der Waals surface area contributed by atoms with Gasteiger partial charge in [0.1, 0.15) is 0 Å². The van der Waals surface area contributed by atoms with Gasteiger partial charge in [-0.05, 0) is 36.4 Å². The van der Waals surface area contributed by atoms with E-state index in [1.54, 1.807) is 24.3 Å². The zero-order chi connectivity index (χ0) is 18.4. The quantitative estimate of drug-likeness (QED) is 0.645. The summed E-state index contributed by atoms with van der Waals surface area (Å²) in [6, 6.07) is 15.2. The Morgan fingerprint density at radius 3 is 2.50 bits per heavy atom. The Balaban J connectivity index is 1.47. The summed E-state index contributed by atoms with van der Waals surface area (Å²) in [6.45, 7) is 0. The average Bonchev–Trinajstić information content (AvgIpc) is 3.12. The molecule has 2 N–H and O–H groups in total. The molecule has 1 heterocycles. The maximum Gasteiger partial charge on any atom is 0.325 e. The van der Waals surface area contributed by atoms with Crippen molar-refractivity contribution in [3.63, 3.8) is 0 Å². The largest absolute Gasteiger partial charge is 0.411 e. The number of halogens is 1. The van der Waals surface area contributed by atoms with E-state index in [0.29, 0.717) is 16.6 Å². The van der Waals surface area contributed by atoms with Crippen LogP contribution < -0.4 is 10.6 Å². The molecule has 0 bridgehead atoms. The third-order valence-electron chi connectivity index (χ3n) is 3.11. The average molecular weight is 389 g/mol. The van der Waals surface area contributed by atoms with Gasteiger partial charge in [-0.1, -0.05) is 41.6 Å². The number of benzene rings is 2. The summed E-state index contributed by atoms with van der Waals surface area (Å²) >= 11 is 6.81. The Bertz CT molecular complexity index is 900. The van der Waals surface area contributed by atoms with Gasteiger partial charge < -0.3 is 9.73 Å². The lowest BCUT2D eigenvalue weighted by Gasteiger charge is -2.06. The summed E-state index contributed by atoms with van der Waals surface area (Å²) in [5, 5.41) is 13.4. The Hall–Kier alpha value is -2.84. The smallest absolute Gasteiger partial charge is 0.325 e. The monoisotopic (exact) mass is 388 g/mol. The number of carbonyl (C=O) groups is 2. The van der Waals surface area contributed by atoms with Gasteiger partial charge >= 0.3 is 6.03 Å². The summed E-state index contributed by atoms with van der Waals surface area (Å²) in [5.74, 6) is -0.153. The van der Waals surface area contributed by atoms with Gasteiger partial charge in [0, 0.05) is 16.3 Å². The van der Waals surface area contributed by atoms with Crippen LogP contribution in [0.5, 0.6) is 0 Å². The van der Waals surface area contributed by atoms with Crippen LogP contribution in [-0.2, 0) is 4.79 Å². The van der Waals surface area contributed by atoms with Gasteiger partial charge in [0.25, 0.3) is 5.22 Å². The molecule has 0 unspecified atom stereocenters. The van der Waals surface area contributed by atoms with E-state index in [9.17, 15) is 9.59 Å². The number of carbonyl (C=O) groups excluding carboxylic acids is 2. The number of nitrogens with one attached hydrogen (secondary N) is 2. The number of nitrogens with zero attached hydrogens (tertiary/aromatic N) is 2. The van der Waals surface area contributed by atoms with E-state index in [0.717, 1.165) is 17.3 Å². The fraction of sp³-hybridized carbons (Fsp3) is 0.0588. The van der Waals surface area contributed by atoms with Crippen LogP contribution in [0.15, 0.2) is 64.2 Å². The minimum Gasteiger partial charge on any atom is -0.411 e. The number of aromatic nitrogens is 2. The number of rotatable bonds is 5. The van der Waals surface area contributed by atoms with Gasteiger partial charge in [-0.15, -0.1) is 10.2 Å². The second-order valence-corrected chi connectivity index (χ2v) is 6.40. The van der Waals surface area contributed by atoms with Crippen LogP contribution in [0.1, 0.15) is 0 Å². The predicted molar refractivity (Wildman–Crippen MR) is 99.1 cm³/mol. The Labute approximate surface area is 158 Å². The van der Waals surface area contributed by atoms with Crippen molar-refractivity contribution >= 4 is 41.0 Å². The van der Waals surface area contributed by atoms with Gasteiger partial charge in [0.05, 0.1) is 5.75 Å². The number of imide groups is 1. The summed E-state index contributed by atoms with van der Waals surface area (Å²) in [7, 11) is 0. The third kappa shape index (κ3) is 5.08. The number of hydrogen-bond acceptors (Lipinski definition) is 6. The second kappa shape index (κ2) is 8.50. The summed E-state index contributed by atoms with van der Waals surface area (Å²) in [4.78, 5) is 23.6. The molecule has 0 radical (unpaired) electrons. The minimum absolute atomic E-state index is 0.0372. The molecule has 0 aliphatic heterocycles. The van der Waals surface area contributed by atoms with E-state index >= 15 is 0 Å². The van der Waals surface area contributed by atoms with Gasteiger partial charge in [-0.25, -0.2) is 4.79 Å². The van der Waals surface area contributed by atoms with Crippen molar-refractivity contribution in [3.8, 4) is 11.5 Å². The molecule has 26 heavy (non-hydrogen) atoms. The highest BCUT2D eigenvalue weighted by Crippen LogP contribution is 2.22. The SMILES string of the molecule is O=C(CSc1nnc(-c2ccccc2)o1)NC(=O)Nc1ccc(Cl)cc1. The highest BCUT2D eigenvalue weighted by Gasteiger charge is 2.13. The van der Waals surface area contributed by atoms with Crippen molar-refractivity contribution in [2.45, 2.75) is 5.22 Å². The van der Waals surface area contributed by atoms with Crippen molar-refractivity contribution in [1.82, 2.24) is 15.5 Å². The molecule has 3 amide bonds. The molecule has 0 aliphatic rings. The molecule has 0 atom stereocenters. The molecule has 132 valence electrons. The lowest BCUT2D eigenvalue weighted by atomic mass is 10.2. The highest BCUT2D eigenvalue weighted by molar-refractivity contribution is 7.99. The molecule has 0 spiro atoms. The van der Waals surface area contributed by atoms with Crippen molar-refractivity contribution in [2.75, 3.05) is 11.1 Å². The van der Waals surface area contributed by atoms with Crippen molar-refractivity contribution < 1.29 is 14.0 Å². The molecular weight excluding hydrogens is 376 g/mol. The Morgan fingerprint density at radius 1 is 1.04 bits per heavy atom. The van der Waals surface area contributed by atoms with Crippen molar-refractivity contribution in [1.29, 1.82) is 0 Å². The number of anilines is 1. The fourth-order valence-corrected chi connectivity index (χ4v) is 2.64. The molecule has 0 saturated heterocycles. The van der Waals surface area contributed by atoms with Gasteiger partial charge in [-0.2, -0.15) is 0 Å². The maximum absolute atomic E-state index is 11.8. The molecule has 1 aromatic heterocycles. The first kappa shape index (κ1) is 18.0. The molecule has 3 rings (SSSR count). The minimum atomic E-state index is -0.631. The van der Waals surface area contributed by atoms with E-state index in [1.165, 1.54) is 0 Å². The van der Waals surface area contributed by atoms with E-state index in [1.807, 2.05) is 30.3 Å². The first-order chi connectivity index (χ1) is 12.6. The number of hydrogen-bond donors (Lipinski definition) is 2. The highest BCUT2D eigenvalue weighted by atomic mass is 35.5. The summed E-state index contributed by atoms with van der Waals surface area (Å²) < 4.78 is 5.48. The predicted octanol–water partition coefficient (Wildman–Crippen LogP) is 3.83. The topological polar surface area (TPSA) is 97.1 Å². The molecule has 3 aromatic rings. The molecular formula is C17H13ClN4O3S. The van der Waals surface area contributed by atoms with Crippen LogP contribution in [0, 0.1) is 0 Å². The maximum atomic E-state index is 11.8. The molecule has 0 fully saturated rings. The Morgan fingerprint density at radius 2 is 1.77 bits per heavy atom. The first-order valence-corrected chi connectivity index (χ1v) is 8.84. The first-order valence-electron chi connectivity index (χ1n) is 7.48. The van der Waals surface area contributed by atoms with Crippen molar-refractivity contribution in [2.24, 2.45) is 0 Å². The van der Waals surface area contributed by atoms with E-state index in [2.05, 4.69) is 20.8 Å². The molecule has 0 aliphatic carbocycles. The number of thioether (sulfide) groups is 1. The van der Waals surface area contributed by atoms with Crippen molar-refractivity contribution in [3.05, 3.63) is 59.6 Å². The normalized spacial score (nSPS) is 10.3. The van der Waals surface area contributed by atoms with Gasteiger partial charge in [0.2, 0.25) is 11.8 Å². The van der Waals surface area contributed by atoms with Crippen LogP contribution in [0.25, 0.3) is 11.5 Å².